The average molecular weight is 268 g/mol. The minimum absolute atomic E-state index is 0.466. The molecule has 2 aromatic carbocycles. The zero-order valence-electron chi connectivity index (χ0n) is 12.1. The van der Waals surface area contributed by atoms with Crippen molar-refractivity contribution in [2.45, 2.75) is 32.6 Å². The van der Waals surface area contributed by atoms with Gasteiger partial charge in [-0.2, -0.15) is 0 Å². The number of hydrogen-bond acceptors (Lipinski definition) is 2. The van der Waals surface area contributed by atoms with Crippen LogP contribution in [-0.2, 0) is 25.7 Å². The first-order valence-corrected chi connectivity index (χ1v) is 7.15. The minimum atomic E-state index is 0.466. The van der Waals surface area contributed by atoms with Gasteiger partial charge in [-0.1, -0.05) is 24.3 Å². The molecule has 0 atom stereocenters. The Kier molecular flexibility index (Phi) is 3.39. The highest BCUT2D eigenvalue weighted by Crippen LogP contribution is 2.35. The molecule has 2 heteroatoms. The van der Waals surface area contributed by atoms with Crippen molar-refractivity contribution in [1.29, 1.82) is 0 Å². The van der Waals surface area contributed by atoms with Gasteiger partial charge in [0.15, 0.2) is 0 Å². The lowest BCUT2D eigenvalue weighted by Crippen LogP contribution is -2.04. The van der Waals surface area contributed by atoms with E-state index in [9.17, 15) is 5.11 Å². The molecule has 1 N–H and O–H groups in total. The summed E-state index contributed by atoms with van der Waals surface area (Å²) in [6.45, 7) is 2.03. The van der Waals surface area contributed by atoms with Crippen LogP contribution in [0.4, 0.5) is 0 Å². The molecule has 104 valence electrons. The van der Waals surface area contributed by atoms with Gasteiger partial charge in [-0.25, -0.2) is 0 Å². The van der Waals surface area contributed by atoms with E-state index in [1.54, 1.807) is 7.11 Å². The molecule has 0 saturated carbocycles. The van der Waals surface area contributed by atoms with Gasteiger partial charge in [0.05, 0.1) is 7.11 Å². The summed E-state index contributed by atoms with van der Waals surface area (Å²) in [5.74, 6) is 1.35. The minimum Gasteiger partial charge on any atom is -0.507 e. The molecule has 0 fully saturated rings. The third-order valence-corrected chi connectivity index (χ3v) is 4.28. The van der Waals surface area contributed by atoms with E-state index in [1.165, 1.54) is 11.1 Å². The Hall–Kier alpha value is -1.96. The maximum absolute atomic E-state index is 10.5. The molecule has 0 radical (unpaired) electrons. The lowest BCUT2D eigenvalue weighted by Gasteiger charge is -2.18. The first-order valence-electron chi connectivity index (χ1n) is 7.15. The van der Waals surface area contributed by atoms with Crippen LogP contribution in [0.15, 0.2) is 30.3 Å². The number of fused-ring (bicyclic) bond motifs is 4. The molecule has 1 aliphatic rings. The van der Waals surface area contributed by atoms with Crippen molar-refractivity contribution in [3.63, 3.8) is 0 Å². The smallest absolute Gasteiger partial charge is 0.122 e. The van der Waals surface area contributed by atoms with Crippen LogP contribution in [0.5, 0.6) is 11.5 Å². The molecule has 0 spiro atoms. The second kappa shape index (κ2) is 5.20. The van der Waals surface area contributed by atoms with E-state index in [0.717, 1.165) is 48.1 Å². The van der Waals surface area contributed by atoms with E-state index in [0.29, 0.717) is 5.75 Å². The van der Waals surface area contributed by atoms with Gasteiger partial charge in [0.1, 0.15) is 11.5 Å². The summed E-state index contributed by atoms with van der Waals surface area (Å²) >= 11 is 0. The van der Waals surface area contributed by atoms with E-state index in [-0.39, 0.29) is 0 Å². The van der Waals surface area contributed by atoms with E-state index in [2.05, 4.69) is 24.3 Å². The van der Waals surface area contributed by atoms with E-state index in [4.69, 9.17) is 4.74 Å². The lowest BCUT2D eigenvalue weighted by atomic mass is 9.91. The van der Waals surface area contributed by atoms with Crippen molar-refractivity contribution in [2.75, 3.05) is 7.11 Å². The fourth-order valence-electron chi connectivity index (χ4n) is 3.05. The largest absolute Gasteiger partial charge is 0.507 e. The van der Waals surface area contributed by atoms with Gasteiger partial charge in [0, 0.05) is 5.56 Å². The third-order valence-electron chi connectivity index (χ3n) is 4.28. The predicted molar refractivity (Wildman–Crippen MR) is 80.7 cm³/mol. The molecular weight excluding hydrogens is 248 g/mol. The summed E-state index contributed by atoms with van der Waals surface area (Å²) in [5.41, 5.74) is 5.77. The number of rotatable bonds is 1. The highest BCUT2D eigenvalue weighted by Gasteiger charge is 2.16. The van der Waals surface area contributed by atoms with Gasteiger partial charge in [0.25, 0.3) is 0 Å². The standard InChI is InChI=1S/C18H20O2/c1-12-16-9-7-14-5-3-4-13(10-14)6-8-15(18(16)19)11-17(12)20-2/h3-5,10-11,19H,6-9H2,1-2H3. The van der Waals surface area contributed by atoms with Crippen molar-refractivity contribution in [3.05, 3.63) is 58.1 Å². The molecular formula is C18H20O2. The Labute approximate surface area is 120 Å². The summed E-state index contributed by atoms with van der Waals surface area (Å²) in [6, 6.07) is 10.7. The van der Waals surface area contributed by atoms with Gasteiger partial charge < -0.3 is 9.84 Å². The number of ether oxygens (including phenoxy) is 1. The molecule has 2 aromatic rings. The second-order valence-corrected chi connectivity index (χ2v) is 5.51. The van der Waals surface area contributed by atoms with Crippen LogP contribution in [0.1, 0.15) is 27.8 Å². The number of hydrogen-bond donors (Lipinski definition) is 1. The van der Waals surface area contributed by atoms with Gasteiger partial charge in [-0.05, 0) is 60.9 Å². The first kappa shape index (κ1) is 13.0. The molecule has 20 heavy (non-hydrogen) atoms. The summed E-state index contributed by atoms with van der Waals surface area (Å²) < 4.78 is 5.47. The Morgan fingerprint density at radius 2 is 1.70 bits per heavy atom. The van der Waals surface area contributed by atoms with Gasteiger partial charge in [-0.3, -0.25) is 0 Å². The Bertz CT molecular complexity index is 644. The second-order valence-electron chi connectivity index (χ2n) is 5.51. The molecule has 0 aliphatic heterocycles. The average Bonchev–Trinajstić information content (AvgIpc) is 2.46. The fraction of sp³-hybridized carbons (Fsp3) is 0.333. The molecule has 0 saturated heterocycles. The zero-order chi connectivity index (χ0) is 14.1. The lowest BCUT2D eigenvalue weighted by molar-refractivity contribution is 0.405. The predicted octanol–water partition coefficient (Wildman–Crippen LogP) is 3.59. The molecule has 2 nitrogen and oxygen atoms in total. The summed E-state index contributed by atoms with van der Waals surface area (Å²) in [4.78, 5) is 0. The van der Waals surface area contributed by atoms with Crippen LogP contribution in [0.2, 0.25) is 0 Å². The summed E-state index contributed by atoms with van der Waals surface area (Å²) in [6.07, 6.45) is 3.60. The highest BCUT2D eigenvalue weighted by molar-refractivity contribution is 5.53. The molecule has 0 heterocycles. The summed E-state index contributed by atoms with van der Waals surface area (Å²) in [7, 11) is 1.70. The molecule has 4 bridgehead atoms. The molecule has 0 unspecified atom stereocenters. The van der Waals surface area contributed by atoms with Gasteiger partial charge in [0.2, 0.25) is 0 Å². The maximum Gasteiger partial charge on any atom is 0.122 e. The Morgan fingerprint density at radius 3 is 2.40 bits per heavy atom. The zero-order valence-corrected chi connectivity index (χ0v) is 12.1. The number of phenols is 1. The SMILES string of the molecule is COc1cc2c(O)c(c1C)CCc1cccc(c1)CC2. The van der Waals surface area contributed by atoms with Crippen LogP contribution in [-0.4, -0.2) is 12.2 Å². The fourth-order valence-corrected chi connectivity index (χ4v) is 3.05. The van der Waals surface area contributed by atoms with Crippen molar-refractivity contribution in [3.8, 4) is 11.5 Å². The molecule has 3 rings (SSSR count). The topological polar surface area (TPSA) is 29.5 Å². The van der Waals surface area contributed by atoms with Crippen LogP contribution in [0.3, 0.4) is 0 Å². The van der Waals surface area contributed by atoms with Crippen molar-refractivity contribution in [2.24, 2.45) is 0 Å². The highest BCUT2D eigenvalue weighted by atomic mass is 16.5. The van der Waals surface area contributed by atoms with Crippen LogP contribution >= 0.6 is 0 Å². The monoisotopic (exact) mass is 268 g/mol. The van der Waals surface area contributed by atoms with Crippen molar-refractivity contribution in [1.82, 2.24) is 0 Å². The summed E-state index contributed by atoms with van der Waals surface area (Å²) in [5, 5.41) is 10.5. The number of aryl methyl sites for hydroxylation is 3. The van der Waals surface area contributed by atoms with Crippen molar-refractivity contribution >= 4 is 0 Å². The van der Waals surface area contributed by atoms with Crippen LogP contribution < -0.4 is 4.74 Å². The Balaban J connectivity index is 2.10. The van der Waals surface area contributed by atoms with E-state index >= 15 is 0 Å². The quantitative estimate of drug-likeness (QED) is 0.856. The van der Waals surface area contributed by atoms with Gasteiger partial charge in [-0.15, -0.1) is 0 Å². The number of phenolic OH excluding ortho intramolecular Hbond substituents is 1. The van der Waals surface area contributed by atoms with Crippen LogP contribution in [0, 0.1) is 6.92 Å². The third kappa shape index (κ3) is 2.26. The Morgan fingerprint density at radius 1 is 1.00 bits per heavy atom. The van der Waals surface area contributed by atoms with E-state index in [1.807, 2.05) is 13.0 Å². The number of benzene rings is 2. The number of methoxy groups -OCH3 is 1. The van der Waals surface area contributed by atoms with Gasteiger partial charge >= 0.3 is 0 Å². The van der Waals surface area contributed by atoms with Crippen LogP contribution in [0.25, 0.3) is 0 Å². The normalized spacial score (nSPS) is 13.9. The van der Waals surface area contributed by atoms with E-state index < -0.39 is 0 Å². The first-order chi connectivity index (χ1) is 9.69. The van der Waals surface area contributed by atoms with Crippen molar-refractivity contribution < 1.29 is 9.84 Å². The maximum atomic E-state index is 10.5. The number of aromatic hydroxyl groups is 1. The molecule has 0 aromatic heterocycles. The molecule has 1 aliphatic carbocycles. The molecule has 0 amide bonds.